The van der Waals surface area contributed by atoms with E-state index in [-0.39, 0.29) is 6.42 Å². The highest BCUT2D eigenvalue weighted by molar-refractivity contribution is 6.42. The molecule has 1 N–H and O–H groups in total. The Kier molecular flexibility index (Phi) is 4.90. The van der Waals surface area contributed by atoms with Gasteiger partial charge in [-0.1, -0.05) is 23.2 Å². The predicted molar refractivity (Wildman–Crippen MR) is 66.6 cm³/mol. The summed E-state index contributed by atoms with van der Waals surface area (Å²) < 4.78 is 0. The Hall–Kier alpha value is -0.930. The first-order valence-electron chi connectivity index (χ1n) is 4.88. The third-order valence-corrected chi connectivity index (χ3v) is 2.97. The lowest BCUT2D eigenvalue weighted by Gasteiger charge is -2.19. The third-order valence-electron chi connectivity index (χ3n) is 2.23. The van der Waals surface area contributed by atoms with Gasteiger partial charge in [0.05, 0.1) is 10.0 Å². The molecule has 16 heavy (non-hydrogen) atoms. The van der Waals surface area contributed by atoms with Crippen LogP contribution in [0.3, 0.4) is 0 Å². The van der Waals surface area contributed by atoms with E-state index in [1.54, 1.807) is 12.1 Å². The topological polar surface area (TPSA) is 40.5 Å². The maximum Gasteiger partial charge on any atom is 0.303 e. The molecule has 0 atom stereocenters. The van der Waals surface area contributed by atoms with Gasteiger partial charge in [0, 0.05) is 25.7 Å². The van der Waals surface area contributed by atoms with Crippen molar-refractivity contribution in [3.8, 4) is 0 Å². The molecule has 0 bridgehead atoms. The van der Waals surface area contributed by atoms with Crippen LogP contribution in [0.1, 0.15) is 12.8 Å². The monoisotopic (exact) mass is 261 g/mol. The number of carboxylic acid groups (broad SMARTS) is 1. The van der Waals surface area contributed by atoms with Crippen LogP contribution in [0.25, 0.3) is 0 Å². The Morgan fingerprint density at radius 1 is 1.38 bits per heavy atom. The highest BCUT2D eigenvalue weighted by Crippen LogP contribution is 2.26. The van der Waals surface area contributed by atoms with Crippen molar-refractivity contribution in [3.05, 3.63) is 28.2 Å². The summed E-state index contributed by atoms with van der Waals surface area (Å²) in [4.78, 5) is 12.3. The average molecular weight is 262 g/mol. The fourth-order valence-electron chi connectivity index (χ4n) is 1.32. The molecule has 0 fully saturated rings. The lowest BCUT2D eigenvalue weighted by atomic mass is 10.2. The molecule has 0 radical (unpaired) electrons. The van der Waals surface area contributed by atoms with Crippen molar-refractivity contribution < 1.29 is 9.90 Å². The zero-order valence-corrected chi connectivity index (χ0v) is 10.4. The molecule has 88 valence electrons. The summed E-state index contributed by atoms with van der Waals surface area (Å²) in [5.41, 5.74) is 0.930. The fourth-order valence-corrected chi connectivity index (χ4v) is 1.61. The van der Waals surface area contributed by atoms with Gasteiger partial charge in [-0.2, -0.15) is 0 Å². The second-order valence-electron chi connectivity index (χ2n) is 3.52. The standard InChI is InChI=1S/C11H13Cl2NO2/c1-14(6-2-3-11(15)16)8-4-5-9(12)10(13)7-8/h4-5,7H,2-3,6H2,1H3,(H,15,16). The number of carbonyl (C=O) groups is 1. The zero-order chi connectivity index (χ0) is 12.1. The Morgan fingerprint density at radius 3 is 2.62 bits per heavy atom. The Labute approximate surface area is 105 Å². The minimum atomic E-state index is -0.775. The quantitative estimate of drug-likeness (QED) is 0.885. The summed E-state index contributed by atoms with van der Waals surface area (Å²) in [6.07, 6.45) is 0.776. The van der Waals surface area contributed by atoms with E-state index in [1.807, 2.05) is 18.0 Å². The highest BCUT2D eigenvalue weighted by atomic mass is 35.5. The molecule has 0 aromatic heterocycles. The third kappa shape index (κ3) is 3.91. The van der Waals surface area contributed by atoms with Gasteiger partial charge in [-0.3, -0.25) is 4.79 Å². The minimum absolute atomic E-state index is 0.172. The molecular weight excluding hydrogens is 249 g/mol. The molecule has 0 unspecified atom stereocenters. The number of rotatable bonds is 5. The van der Waals surface area contributed by atoms with Crippen LogP contribution in [0.4, 0.5) is 5.69 Å². The van der Waals surface area contributed by atoms with Gasteiger partial charge in [-0.05, 0) is 24.6 Å². The van der Waals surface area contributed by atoms with Crippen molar-refractivity contribution in [2.24, 2.45) is 0 Å². The van der Waals surface area contributed by atoms with Crippen LogP contribution in [-0.2, 0) is 4.79 Å². The van der Waals surface area contributed by atoms with Gasteiger partial charge in [0.25, 0.3) is 0 Å². The van der Waals surface area contributed by atoms with E-state index in [1.165, 1.54) is 0 Å². The predicted octanol–water partition coefficient (Wildman–Crippen LogP) is 3.29. The van der Waals surface area contributed by atoms with Crippen molar-refractivity contribution in [2.45, 2.75) is 12.8 Å². The van der Waals surface area contributed by atoms with E-state index in [9.17, 15) is 4.79 Å². The molecule has 0 amide bonds. The van der Waals surface area contributed by atoms with Crippen LogP contribution < -0.4 is 4.90 Å². The van der Waals surface area contributed by atoms with Crippen molar-refractivity contribution in [1.82, 2.24) is 0 Å². The van der Waals surface area contributed by atoms with Crippen molar-refractivity contribution in [3.63, 3.8) is 0 Å². The van der Waals surface area contributed by atoms with Crippen LogP contribution >= 0.6 is 23.2 Å². The maximum absolute atomic E-state index is 10.4. The first-order valence-corrected chi connectivity index (χ1v) is 5.64. The van der Waals surface area contributed by atoms with Gasteiger partial charge >= 0.3 is 5.97 Å². The van der Waals surface area contributed by atoms with E-state index in [2.05, 4.69) is 0 Å². The molecule has 1 rings (SSSR count). The summed E-state index contributed by atoms with van der Waals surface area (Å²) in [5.74, 6) is -0.775. The highest BCUT2D eigenvalue weighted by Gasteiger charge is 2.05. The smallest absolute Gasteiger partial charge is 0.303 e. The summed E-state index contributed by atoms with van der Waals surface area (Å²) >= 11 is 11.7. The number of halogens is 2. The lowest BCUT2D eigenvalue weighted by Crippen LogP contribution is -2.19. The van der Waals surface area contributed by atoms with Gasteiger partial charge in [0.1, 0.15) is 0 Å². The van der Waals surface area contributed by atoms with Crippen LogP contribution in [0.5, 0.6) is 0 Å². The largest absolute Gasteiger partial charge is 0.481 e. The number of hydrogen-bond acceptors (Lipinski definition) is 2. The summed E-state index contributed by atoms with van der Waals surface area (Å²) in [6.45, 7) is 0.671. The summed E-state index contributed by atoms with van der Waals surface area (Å²) in [5, 5.41) is 9.54. The van der Waals surface area contributed by atoms with E-state index >= 15 is 0 Å². The fraction of sp³-hybridized carbons (Fsp3) is 0.364. The first-order chi connectivity index (χ1) is 7.50. The summed E-state index contributed by atoms with van der Waals surface area (Å²) in [7, 11) is 1.89. The van der Waals surface area contributed by atoms with Gasteiger partial charge < -0.3 is 10.0 Å². The van der Waals surface area contributed by atoms with Crippen LogP contribution in [0.15, 0.2) is 18.2 Å². The number of aliphatic carboxylic acids is 1. The summed E-state index contributed by atoms with van der Waals surface area (Å²) in [6, 6.07) is 5.35. The normalized spacial score (nSPS) is 10.2. The van der Waals surface area contributed by atoms with Gasteiger partial charge in [-0.15, -0.1) is 0 Å². The van der Waals surface area contributed by atoms with E-state index in [4.69, 9.17) is 28.3 Å². The molecule has 0 aliphatic heterocycles. The molecular formula is C11H13Cl2NO2. The van der Waals surface area contributed by atoms with Crippen molar-refractivity contribution >= 4 is 34.9 Å². The maximum atomic E-state index is 10.4. The average Bonchev–Trinajstić information content (AvgIpc) is 2.21. The van der Waals surface area contributed by atoms with E-state index in [0.29, 0.717) is 23.0 Å². The number of carboxylic acids is 1. The van der Waals surface area contributed by atoms with Crippen molar-refractivity contribution in [1.29, 1.82) is 0 Å². The van der Waals surface area contributed by atoms with Gasteiger partial charge in [0.2, 0.25) is 0 Å². The van der Waals surface area contributed by atoms with Gasteiger partial charge in [0.15, 0.2) is 0 Å². The second kappa shape index (κ2) is 5.97. The van der Waals surface area contributed by atoms with Crippen molar-refractivity contribution in [2.75, 3.05) is 18.5 Å². The Morgan fingerprint density at radius 2 is 2.06 bits per heavy atom. The number of anilines is 1. The molecule has 0 saturated carbocycles. The first kappa shape index (κ1) is 13.1. The van der Waals surface area contributed by atoms with Crippen LogP contribution in [0.2, 0.25) is 10.0 Å². The molecule has 1 aromatic carbocycles. The molecule has 3 nitrogen and oxygen atoms in total. The van der Waals surface area contributed by atoms with Crippen LogP contribution in [-0.4, -0.2) is 24.7 Å². The van der Waals surface area contributed by atoms with E-state index in [0.717, 1.165) is 5.69 Å². The zero-order valence-electron chi connectivity index (χ0n) is 8.91. The molecule has 0 saturated heterocycles. The molecule has 0 heterocycles. The molecule has 0 spiro atoms. The molecule has 1 aromatic rings. The van der Waals surface area contributed by atoms with Gasteiger partial charge in [-0.25, -0.2) is 0 Å². The second-order valence-corrected chi connectivity index (χ2v) is 4.33. The number of benzene rings is 1. The minimum Gasteiger partial charge on any atom is -0.481 e. The van der Waals surface area contributed by atoms with E-state index < -0.39 is 5.97 Å². The molecule has 0 aliphatic rings. The SMILES string of the molecule is CN(CCCC(=O)O)c1ccc(Cl)c(Cl)c1. The Balaban J connectivity index is 2.55. The molecule has 0 aliphatic carbocycles. The number of hydrogen-bond donors (Lipinski definition) is 1. The Bertz CT molecular complexity index is 382. The molecule has 5 heteroatoms. The van der Waals surface area contributed by atoms with Crippen LogP contribution in [0, 0.1) is 0 Å². The number of nitrogens with zero attached hydrogens (tertiary/aromatic N) is 1. The lowest BCUT2D eigenvalue weighted by molar-refractivity contribution is -0.137.